The third kappa shape index (κ3) is 3.68. The molecule has 1 aliphatic carbocycles. The quantitative estimate of drug-likeness (QED) is 0.222. The molecule has 0 saturated carbocycles. The molecule has 0 amide bonds. The Hall–Kier alpha value is -4.96. The van der Waals surface area contributed by atoms with Gasteiger partial charge in [0.05, 0.1) is 44.8 Å². The van der Waals surface area contributed by atoms with Crippen molar-refractivity contribution in [2.24, 2.45) is 0 Å². The van der Waals surface area contributed by atoms with Gasteiger partial charge in [-0.25, -0.2) is 19.9 Å². The molecule has 1 aliphatic rings. The Morgan fingerprint density at radius 2 is 0.952 bits per heavy atom. The highest BCUT2D eigenvalue weighted by atomic mass is 14.8. The average Bonchev–Trinajstić information content (AvgIpc) is 3.34. The summed E-state index contributed by atoms with van der Waals surface area (Å²) in [7, 11) is 0. The average molecular weight is 543 g/mol. The van der Waals surface area contributed by atoms with Gasteiger partial charge in [0.2, 0.25) is 0 Å². The van der Waals surface area contributed by atoms with Gasteiger partial charge in [-0.1, -0.05) is 94.4 Å². The first-order valence-corrected chi connectivity index (χ1v) is 14.7. The second-order valence-electron chi connectivity index (χ2n) is 11.9. The van der Waals surface area contributed by atoms with Crippen LogP contribution in [0.2, 0.25) is 0 Å². The minimum atomic E-state index is 0.248. The maximum absolute atomic E-state index is 5.17. The lowest BCUT2D eigenvalue weighted by Crippen LogP contribution is -2.01. The third-order valence-electron chi connectivity index (χ3n) is 8.46. The number of benzene rings is 5. The Balaban J connectivity index is 1.34. The van der Waals surface area contributed by atoms with E-state index in [-0.39, 0.29) is 11.8 Å². The molecule has 0 atom stereocenters. The van der Waals surface area contributed by atoms with Crippen LogP contribution in [0.25, 0.3) is 77.6 Å². The first-order valence-electron chi connectivity index (χ1n) is 14.7. The molecule has 0 radical (unpaired) electrons. The van der Waals surface area contributed by atoms with Crippen LogP contribution in [0.3, 0.4) is 0 Å². The van der Waals surface area contributed by atoms with E-state index < -0.39 is 0 Å². The molecule has 0 N–H and O–H groups in total. The Morgan fingerprint density at radius 1 is 0.429 bits per heavy atom. The van der Waals surface area contributed by atoms with Gasteiger partial charge < -0.3 is 0 Å². The summed E-state index contributed by atoms with van der Waals surface area (Å²) in [4.78, 5) is 20.4. The predicted molar refractivity (Wildman–Crippen MR) is 174 cm³/mol. The Kier molecular flexibility index (Phi) is 5.48. The molecule has 0 unspecified atom stereocenters. The van der Waals surface area contributed by atoms with Gasteiger partial charge in [-0.15, -0.1) is 0 Å². The lowest BCUT2D eigenvalue weighted by Gasteiger charge is -2.15. The van der Waals surface area contributed by atoms with Crippen molar-refractivity contribution in [2.75, 3.05) is 0 Å². The van der Waals surface area contributed by atoms with Gasteiger partial charge in [0.1, 0.15) is 0 Å². The normalized spacial score (nSPS) is 12.2. The van der Waals surface area contributed by atoms with Gasteiger partial charge in [-0.3, -0.25) is 0 Å². The van der Waals surface area contributed by atoms with Gasteiger partial charge in [-0.2, -0.15) is 0 Å². The molecule has 8 rings (SSSR count). The van der Waals surface area contributed by atoms with Crippen molar-refractivity contribution in [2.45, 2.75) is 39.5 Å². The van der Waals surface area contributed by atoms with Crippen LogP contribution in [0.4, 0.5) is 0 Å². The molecule has 5 aromatic carbocycles. The molecule has 202 valence electrons. The first kappa shape index (κ1) is 24.8. The van der Waals surface area contributed by atoms with E-state index >= 15 is 0 Å². The topological polar surface area (TPSA) is 51.6 Å². The molecule has 2 aromatic heterocycles. The number of para-hydroxylation sites is 4. The maximum Gasteiger partial charge on any atom is 0.0934 e. The van der Waals surface area contributed by atoms with Gasteiger partial charge in [0.15, 0.2) is 0 Å². The van der Waals surface area contributed by atoms with E-state index in [1.807, 2.05) is 42.5 Å². The molecule has 0 bridgehead atoms. The number of hydrogen-bond donors (Lipinski definition) is 0. The Bertz CT molecular complexity index is 2210. The van der Waals surface area contributed by atoms with Crippen LogP contribution in [0.1, 0.15) is 50.9 Å². The van der Waals surface area contributed by atoms with Crippen molar-refractivity contribution in [1.82, 2.24) is 19.9 Å². The summed E-state index contributed by atoms with van der Waals surface area (Å²) in [5.74, 6) is 0.505. The molecule has 2 heterocycles. The van der Waals surface area contributed by atoms with E-state index in [4.69, 9.17) is 19.9 Å². The zero-order chi connectivity index (χ0) is 28.5. The summed E-state index contributed by atoms with van der Waals surface area (Å²) < 4.78 is 0. The van der Waals surface area contributed by atoms with Crippen molar-refractivity contribution in [3.8, 4) is 44.8 Å². The molecular formula is C38H30N4. The minimum Gasteiger partial charge on any atom is -0.249 e. The number of aromatic nitrogens is 4. The predicted octanol–water partition coefficient (Wildman–Crippen LogP) is 9.95. The molecule has 42 heavy (non-hydrogen) atoms. The molecule has 0 spiro atoms. The SMILES string of the molecule is CC(C)c1nc2ccccc2nc1-c1ccc2c(c1)-c1cccc3c(-c4nc5ccccc5nc4C(C)C)ccc-2c13. The second-order valence-corrected chi connectivity index (χ2v) is 11.9. The first-order chi connectivity index (χ1) is 20.5. The van der Waals surface area contributed by atoms with Crippen molar-refractivity contribution in [1.29, 1.82) is 0 Å². The second kappa shape index (κ2) is 9.28. The zero-order valence-corrected chi connectivity index (χ0v) is 24.2. The van der Waals surface area contributed by atoms with Crippen LogP contribution in [-0.4, -0.2) is 19.9 Å². The van der Waals surface area contributed by atoms with Crippen LogP contribution in [0.15, 0.2) is 97.1 Å². The molecule has 4 heteroatoms. The van der Waals surface area contributed by atoms with Gasteiger partial charge >= 0.3 is 0 Å². The summed E-state index contributed by atoms with van der Waals surface area (Å²) in [6, 6.07) is 34.2. The highest BCUT2D eigenvalue weighted by molar-refractivity contribution is 6.19. The largest absolute Gasteiger partial charge is 0.249 e. The molecule has 0 saturated heterocycles. The Morgan fingerprint density at radius 3 is 1.60 bits per heavy atom. The standard InChI is InChI=1S/C38H30N4/c1-21(2)35-37(41-32-14-7-5-12-30(32)39-35)23-16-17-24-27-18-19-28(25-10-9-11-26(34(25)27)29(24)20-23)38-36(22(3)4)40-31-13-6-8-15-33(31)42-38/h5-22H,1-4H3. The fourth-order valence-corrected chi connectivity index (χ4v) is 6.45. The van der Waals surface area contributed by atoms with E-state index in [2.05, 4.69) is 82.3 Å². The highest BCUT2D eigenvalue weighted by Crippen LogP contribution is 2.50. The van der Waals surface area contributed by atoms with E-state index in [1.165, 1.54) is 33.0 Å². The molecule has 0 fully saturated rings. The fraction of sp³-hybridized carbons (Fsp3) is 0.158. The van der Waals surface area contributed by atoms with Gasteiger partial charge in [0.25, 0.3) is 0 Å². The van der Waals surface area contributed by atoms with Gasteiger partial charge in [-0.05, 0) is 75.2 Å². The van der Waals surface area contributed by atoms with Crippen LogP contribution in [0.5, 0.6) is 0 Å². The summed E-state index contributed by atoms with van der Waals surface area (Å²) in [5, 5.41) is 2.49. The van der Waals surface area contributed by atoms with E-state index in [9.17, 15) is 0 Å². The van der Waals surface area contributed by atoms with Crippen molar-refractivity contribution in [3.05, 3.63) is 108 Å². The van der Waals surface area contributed by atoms with E-state index in [0.29, 0.717) is 0 Å². The van der Waals surface area contributed by atoms with Crippen molar-refractivity contribution < 1.29 is 0 Å². The number of nitrogens with zero attached hydrogens (tertiary/aromatic N) is 4. The third-order valence-corrected chi connectivity index (χ3v) is 8.46. The van der Waals surface area contributed by atoms with Crippen LogP contribution >= 0.6 is 0 Å². The maximum atomic E-state index is 5.17. The summed E-state index contributed by atoms with van der Waals surface area (Å²) in [6.45, 7) is 8.77. The summed E-state index contributed by atoms with van der Waals surface area (Å²) in [5.41, 5.74) is 15.0. The lowest BCUT2D eigenvalue weighted by atomic mass is 9.94. The van der Waals surface area contributed by atoms with Gasteiger partial charge in [0, 0.05) is 11.1 Å². The number of fused-ring (bicyclic) bond motifs is 5. The van der Waals surface area contributed by atoms with Crippen molar-refractivity contribution in [3.63, 3.8) is 0 Å². The lowest BCUT2D eigenvalue weighted by molar-refractivity contribution is 0.825. The van der Waals surface area contributed by atoms with E-state index in [0.717, 1.165) is 56.0 Å². The highest BCUT2D eigenvalue weighted by Gasteiger charge is 2.26. The Labute approximate surface area is 245 Å². The number of hydrogen-bond acceptors (Lipinski definition) is 4. The van der Waals surface area contributed by atoms with Crippen LogP contribution in [-0.2, 0) is 0 Å². The number of rotatable bonds is 4. The molecule has 7 aromatic rings. The van der Waals surface area contributed by atoms with Crippen LogP contribution in [0, 0.1) is 0 Å². The molecule has 0 aliphatic heterocycles. The smallest absolute Gasteiger partial charge is 0.0934 e. The minimum absolute atomic E-state index is 0.248. The fourth-order valence-electron chi connectivity index (χ4n) is 6.45. The van der Waals surface area contributed by atoms with E-state index in [1.54, 1.807) is 0 Å². The van der Waals surface area contributed by atoms with Crippen molar-refractivity contribution >= 4 is 32.8 Å². The summed E-state index contributed by atoms with van der Waals surface area (Å²) in [6.07, 6.45) is 0. The molecule has 4 nitrogen and oxygen atoms in total. The summed E-state index contributed by atoms with van der Waals surface area (Å²) >= 11 is 0. The van der Waals surface area contributed by atoms with Crippen LogP contribution < -0.4 is 0 Å². The monoisotopic (exact) mass is 542 g/mol. The zero-order valence-electron chi connectivity index (χ0n) is 24.2. The molecular weight excluding hydrogens is 512 g/mol.